The number of hydrogen-bond acceptors (Lipinski definition) is 6. The van der Waals surface area contributed by atoms with E-state index >= 15 is 0 Å². The Hall–Kier alpha value is -3.30. The first-order valence-electron chi connectivity index (χ1n) is 9.56. The fraction of sp³-hybridized carbons (Fsp3) is 0.227. The number of methoxy groups -OCH3 is 1. The van der Waals surface area contributed by atoms with E-state index in [1.165, 1.54) is 25.3 Å². The second-order valence-electron chi connectivity index (χ2n) is 7.04. The van der Waals surface area contributed by atoms with Crippen LogP contribution < -0.4 is 14.8 Å². The third-order valence-electron chi connectivity index (χ3n) is 4.71. The summed E-state index contributed by atoms with van der Waals surface area (Å²) in [6.45, 7) is 0.301. The quantitative estimate of drug-likeness (QED) is 0.527. The Kier molecular flexibility index (Phi) is 6.98. The van der Waals surface area contributed by atoms with Crippen LogP contribution in [0.4, 0.5) is 5.69 Å². The highest BCUT2D eigenvalue weighted by atomic mass is 32.2. The molecule has 0 bridgehead atoms. The number of furan rings is 1. The average molecular weight is 444 g/mol. The summed E-state index contributed by atoms with van der Waals surface area (Å²) >= 11 is 0. The number of nitrogens with zero attached hydrogens (tertiary/aromatic N) is 1. The highest BCUT2D eigenvalue weighted by molar-refractivity contribution is 7.92. The SMILES string of the molecule is COc1ccccc1NS(=O)(=O)c1cccc(C(=O)NC[C@@H](c2ccco2)N(C)C)c1. The highest BCUT2D eigenvalue weighted by Crippen LogP contribution is 2.26. The number of carbonyl (C=O) groups is 1. The largest absolute Gasteiger partial charge is 0.495 e. The molecule has 3 aromatic rings. The molecule has 31 heavy (non-hydrogen) atoms. The predicted molar refractivity (Wildman–Crippen MR) is 118 cm³/mol. The molecule has 2 N–H and O–H groups in total. The fourth-order valence-electron chi connectivity index (χ4n) is 3.05. The third kappa shape index (κ3) is 5.44. The van der Waals surface area contributed by atoms with Gasteiger partial charge in [0.1, 0.15) is 11.5 Å². The van der Waals surface area contributed by atoms with Crippen molar-refractivity contribution in [2.75, 3.05) is 32.5 Å². The molecule has 9 heteroatoms. The zero-order valence-electron chi connectivity index (χ0n) is 17.5. The van der Waals surface area contributed by atoms with E-state index in [4.69, 9.17) is 9.15 Å². The Balaban J connectivity index is 1.75. The van der Waals surface area contributed by atoms with Crippen LogP contribution in [-0.2, 0) is 10.0 Å². The number of para-hydroxylation sites is 2. The van der Waals surface area contributed by atoms with Gasteiger partial charge < -0.3 is 14.5 Å². The molecule has 0 fully saturated rings. The minimum Gasteiger partial charge on any atom is -0.495 e. The van der Waals surface area contributed by atoms with Crippen LogP contribution in [0.15, 0.2) is 76.2 Å². The smallest absolute Gasteiger partial charge is 0.262 e. The van der Waals surface area contributed by atoms with Gasteiger partial charge in [0, 0.05) is 12.1 Å². The van der Waals surface area contributed by atoms with Gasteiger partial charge in [-0.25, -0.2) is 8.42 Å². The summed E-state index contributed by atoms with van der Waals surface area (Å²) in [5, 5.41) is 2.84. The van der Waals surface area contributed by atoms with Crippen molar-refractivity contribution in [3.05, 3.63) is 78.3 Å². The van der Waals surface area contributed by atoms with E-state index in [-0.39, 0.29) is 22.4 Å². The lowest BCUT2D eigenvalue weighted by atomic mass is 10.2. The molecule has 1 atom stereocenters. The maximum atomic E-state index is 12.8. The molecule has 3 rings (SSSR count). The van der Waals surface area contributed by atoms with Gasteiger partial charge in [-0.1, -0.05) is 18.2 Å². The number of amides is 1. The monoisotopic (exact) mass is 443 g/mol. The van der Waals surface area contributed by atoms with Crippen molar-refractivity contribution in [1.82, 2.24) is 10.2 Å². The molecule has 1 amide bonds. The molecule has 0 aliphatic carbocycles. The summed E-state index contributed by atoms with van der Waals surface area (Å²) in [6, 6.07) is 16.0. The van der Waals surface area contributed by atoms with Crippen LogP contribution in [0.5, 0.6) is 5.75 Å². The van der Waals surface area contributed by atoms with Crippen LogP contribution in [0, 0.1) is 0 Å². The number of anilines is 1. The molecule has 8 nitrogen and oxygen atoms in total. The zero-order chi connectivity index (χ0) is 22.4. The second-order valence-corrected chi connectivity index (χ2v) is 8.72. The van der Waals surface area contributed by atoms with Gasteiger partial charge in [-0.05, 0) is 56.6 Å². The van der Waals surface area contributed by atoms with E-state index in [0.717, 1.165) is 5.76 Å². The summed E-state index contributed by atoms with van der Waals surface area (Å²) in [5.74, 6) is 0.739. The Bertz CT molecular complexity index is 1130. The van der Waals surface area contributed by atoms with Crippen molar-refractivity contribution in [2.24, 2.45) is 0 Å². The molecule has 164 valence electrons. The molecule has 0 unspecified atom stereocenters. The maximum Gasteiger partial charge on any atom is 0.262 e. The van der Waals surface area contributed by atoms with Crippen molar-refractivity contribution in [3.63, 3.8) is 0 Å². The lowest BCUT2D eigenvalue weighted by molar-refractivity contribution is 0.0939. The lowest BCUT2D eigenvalue weighted by Crippen LogP contribution is -2.34. The van der Waals surface area contributed by atoms with Crippen molar-refractivity contribution < 1.29 is 22.4 Å². The molecule has 1 heterocycles. The zero-order valence-corrected chi connectivity index (χ0v) is 18.3. The summed E-state index contributed by atoms with van der Waals surface area (Å²) in [4.78, 5) is 14.6. The first-order valence-corrected chi connectivity index (χ1v) is 11.0. The topological polar surface area (TPSA) is 101 Å². The van der Waals surface area contributed by atoms with Crippen LogP contribution in [0.25, 0.3) is 0 Å². The maximum absolute atomic E-state index is 12.8. The predicted octanol–water partition coefficient (Wildman–Crippen LogP) is 3.12. The molecule has 0 aliphatic rings. The van der Waals surface area contributed by atoms with E-state index in [1.807, 2.05) is 25.1 Å². The molecule has 0 saturated heterocycles. The standard InChI is InChI=1S/C22H25N3O5S/c1-25(2)19(21-12-7-13-30-21)15-23-22(26)16-8-6-9-17(14-16)31(27,28)24-18-10-4-5-11-20(18)29-3/h4-14,19,24H,15H2,1-3H3,(H,23,26)/t19-/m0/s1. The number of rotatable bonds is 9. The van der Waals surface area contributed by atoms with Gasteiger partial charge in [-0.3, -0.25) is 14.4 Å². The molecule has 0 radical (unpaired) electrons. The molecule has 0 spiro atoms. The number of hydrogen-bond donors (Lipinski definition) is 2. The van der Waals surface area contributed by atoms with E-state index in [2.05, 4.69) is 10.0 Å². The number of ether oxygens (including phenoxy) is 1. The minimum absolute atomic E-state index is 0.0266. The molecule has 0 aliphatic heterocycles. The van der Waals surface area contributed by atoms with Gasteiger partial charge in [0.05, 0.1) is 30.0 Å². The minimum atomic E-state index is -3.92. The normalized spacial score (nSPS) is 12.4. The number of carbonyl (C=O) groups excluding carboxylic acids is 1. The Morgan fingerprint density at radius 2 is 1.87 bits per heavy atom. The Labute approximate surface area is 181 Å². The Morgan fingerprint density at radius 1 is 1.10 bits per heavy atom. The van der Waals surface area contributed by atoms with Gasteiger partial charge in [0.2, 0.25) is 0 Å². The fourth-order valence-corrected chi connectivity index (χ4v) is 4.16. The molecular formula is C22H25N3O5S. The van der Waals surface area contributed by atoms with Gasteiger partial charge in [0.15, 0.2) is 0 Å². The van der Waals surface area contributed by atoms with Crippen molar-refractivity contribution >= 4 is 21.6 Å². The first-order chi connectivity index (χ1) is 14.8. The highest BCUT2D eigenvalue weighted by Gasteiger charge is 2.20. The van der Waals surface area contributed by atoms with Crippen LogP contribution in [0.3, 0.4) is 0 Å². The van der Waals surface area contributed by atoms with Crippen LogP contribution in [0.2, 0.25) is 0 Å². The first kappa shape index (κ1) is 22.4. The van der Waals surface area contributed by atoms with Gasteiger partial charge in [-0.15, -0.1) is 0 Å². The van der Waals surface area contributed by atoms with E-state index in [1.54, 1.807) is 42.7 Å². The molecule has 2 aromatic carbocycles. The summed E-state index contributed by atoms with van der Waals surface area (Å²) in [7, 11) is 1.31. The van der Waals surface area contributed by atoms with E-state index < -0.39 is 10.0 Å². The summed E-state index contributed by atoms with van der Waals surface area (Å²) in [5.41, 5.74) is 0.548. The number of likely N-dealkylation sites (N-methyl/N-ethyl adjacent to an activating group) is 1. The van der Waals surface area contributed by atoms with Crippen LogP contribution in [-0.4, -0.2) is 47.0 Å². The second kappa shape index (κ2) is 9.67. The molecule has 0 saturated carbocycles. The van der Waals surface area contributed by atoms with Gasteiger partial charge >= 0.3 is 0 Å². The van der Waals surface area contributed by atoms with Gasteiger partial charge in [0.25, 0.3) is 15.9 Å². The van der Waals surface area contributed by atoms with Gasteiger partial charge in [-0.2, -0.15) is 0 Å². The Morgan fingerprint density at radius 3 is 2.55 bits per heavy atom. The average Bonchev–Trinajstić information content (AvgIpc) is 3.28. The number of benzene rings is 2. The molecule has 1 aromatic heterocycles. The third-order valence-corrected chi connectivity index (χ3v) is 6.07. The van der Waals surface area contributed by atoms with Crippen LogP contribution in [0.1, 0.15) is 22.2 Å². The number of nitrogens with one attached hydrogen (secondary N) is 2. The van der Waals surface area contributed by atoms with Crippen LogP contribution >= 0.6 is 0 Å². The number of sulfonamides is 1. The van der Waals surface area contributed by atoms with E-state index in [0.29, 0.717) is 18.0 Å². The van der Waals surface area contributed by atoms with Crippen molar-refractivity contribution in [1.29, 1.82) is 0 Å². The molecular weight excluding hydrogens is 418 g/mol. The lowest BCUT2D eigenvalue weighted by Gasteiger charge is -2.22. The van der Waals surface area contributed by atoms with Crippen molar-refractivity contribution in [2.45, 2.75) is 10.9 Å². The van der Waals surface area contributed by atoms with E-state index in [9.17, 15) is 13.2 Å². The summed E-state index contributed by atoms with van der Waals surface area (Å²) in [6.07, 6.45) is 1.58. The van der Waals surface area contributed by atoms with Crippen molar-refractivity contribution in [3.8, 4) is 5.75 Å². The summed E-state index contributed by atoms with van der Waals surface area (Å²) < 4.78 is 38.8.